The van der Waals surface area contributed by atoms with Crippen molar-refractivity contribution < 1.29 is 14.3 Å². The fourth-order valence-corrected chi connectivity index (χ4v) is 2.68. The van der Waals surface area contributed by atoms with E-state index in [0.717, 1.165) is 16.9 Å². The number of ether oxygens (including phenoxy) is 2. The molecule has 0 aliphatic carbocycles. The Balaban J connectivity index is 1.88. The van der Waals surface area contributed by atoms with E-state index in [1.165, 1.54) is 0 Å². The molecule has 0 aromatic heterocycles. The smallest absolute Gasteiger partial charge is 0.410 e. The minimum absolute atomic E-state index is 0.278. The molecule has 1 aromatic rings. The highest BCUT2D eigenvalue weighted by Gasteiger charge is 2.26. The van der Waals surface area contributed by atoms with Gasteiger partial charge in [0.1, 0.15) is 11.4 Å². The summed E-state index contributed by atoms with van der Waals surface area (Å²) in [7, 11) is 1.66. The lowest BCUT2D eigenvalue weighted by Crippen LogP contribution is -2.53. The van der Waals surface area contributed by atoms with Crippen molar-refractivity contribution >= 4 is 12.1 Å². The van der Waals surface area contributed by atoms with Gasteiger partial charge in [-0.05, 0) is 44.9 Å². The fraction of sp³-hybridized carbons (Fsp3) is 0.579. The quantitative estimate of drug-likeness (QED) is 0.659. The number of amides is 1. The van der Waals surface area contributed by atoms with Gasteiger partial charge >= 0.3 is 6.09 Å². The lowest BCUT2D eigenvalue weighted by atomic mass is 10.1. The third-order valence-electron chi connectivity index (χ3n) is 4.15. The Kier molecular flexibility index (Phi) is 6.34. The second-order valence-corrected chi connectivity index (χ2v) is 7.43. The molecular formula is C19H30N4O3. The van der Waals surface area contributed by atoms with Crippen molar-refractivity contribution in [3.8, 4) is 5.75 Å². The van der Waals surface area contributed by atoms with Gasteiger partial charge in [0.05, 0.1) is 13.7 Å². The summed E-state index contributed by atoms with van der Waals surface area (Å²) in [6.07, 6.45) is -0.278. The fourth-order valence-electron chi connectivity index (χ4n) is 2.68. The summed E-state index contributed by atoms with van der Waals surface area (Å²) < 4.78 is 10.7. The largest absolute Gasteiger partial charge is 0.496 e. The lowest BCUT2D eigenvalue weighted by Gasteiger charge is -2.36. The van der Waals surface area contributed by atoms with Gasteiger partial charge in [-0.1, -0.05) is 12.1 Å². The lowest BCUT2D eigenvalue weighted by molar-refractivity contribution is 0.0186. The maximum absolute atomic E-state index is 12.1. The normalized spacial score (nSPS) is 15.8. The minimum atomic E-state index is -0.482. The Morgan fingerprint density at radius 3 is 2.38 bits per heavy atom. The van der Waals surface area contributed by atoms with Crippen LogP contribution in [0, 0.1) is 6.92 Å². The molecule has 26 heavy (non-hydrogen) atoms. The summed E-state index contributed by atoms with van der Waals surface area (Å²) in [4.78, 5) is 20.3. The van der Waals surface area contributed by atoms with Gasteiger partial charge in [-0.3, -0.25) is 0 Å². The van der Waals surface area contributed by atoms with E-state index in [0.29, 0.717) is 38.7 Å². The molecule has 144 valence electrons. The maximum atomic E-state index is 12.1. The number of nitrogens with two attached hydrogens (primary N) is 1. The Bertz CT molecular complexity index is 659. The van der Waals surface area contributed by atoms with Gasteiger partial charge in [-0.25, -0.2) is 9.79 Å². The zero-order valence-electron chi connectivity index (χ0n) is 16.4. The van der Waals surface area contributed by atoms with Crippen LogP contribution < -0.4 is 10.5 Å². The first kappa shape index (κ1) is 19.9. The number of aliphatic imine (C=N–C) groups is 1. The molecule has 0 saturated carbocycles. The molecule has 1 amide bonds. The number of rotatable bonds is 3. The van der Waals surface area contributed by atoms with Crippen molar-refractivity contribution in [2.45, 2.75) is 39.8 Å². The highest BCUT2D eigenvalue weighted by molar-refractivity contribution is 5.78. The Morgan fingerprint density at radius 2 is 1.81 bits per heavy atom. The van der Waals surface area contributed by atoms with Gasteiger partial charge in [-0.15, -0.1) is 0 Å². The van der Waals surface area contributed by atoms with E-state index in [-0.39, 0.29) is 6.09 Å². The molecule has 2 rings (SSSR count). The molecule has 1 heterocycles. The van der Waals surface area contributed by atoms with Crippen molar-refractivity contribution in [2.75, 3.05) is 33.3 Å². The van der Waals surface area contributed by atoms with Crippen molar-refractivity contribution in [2.24, 2.45) is 10.7 Å². The van der Waals surface area contributed by atoms with E-state index >= 15 is 0 Å². The standard InChI is InChI=1S/C19H30N4O3/c1-14-6-7-15(12-16(14)25-5)13-21-17(20)22-8-10-23(11-9-22)18(24)26-19(2,3)4/h6-7,12H,8-11,13H2,1-5H3,(H2,20,21). The summed E-state index contributed by atoms with van der Waals surface area (Å²) in [5.41, 5.74) is 7.78. The zero-order chi connectivity index (χ0) is 19.3. The molecule has 0 unspecified atom stereocenters. The van der Waals surface area contributed by atoms with Crippen LogP contribution in [-0.4, -0.2) is 60.7 Å². The van der Waals surface area contributed by atoms with E-state index in [4.69, 9.17) is 15.2 Å². The molecule has 2 N–H and O–H groups in total. The molecule has 1 saturated heterocycles. The second-order valence-electron chi connectivity index (χ2n) is 7.43. The first-order valence-corrected chi connectivity index (χ1v) is 8.86. The molecule has 7 heteroatoms. The molecule has 1 aliphatic heterocycles. The van der Waals surface area contributed by atoms with Crippen molar-refractivity contribution in [1.82, 2.24) is 9.80 Å². The van der Waals surface area contributed by atoms with Gasteiger partial charge in [0.25, 0.3) is 0 Å². The Labute approximate surface area is 155 Å². The Hall–Kier alpha value is -2.44. The van der Waals surface area contributed by atoms with Gasteiger partial charge in [-0.2, -0.15) is 0 Å². The average molecular weight is 362 g/mol. The SMILES string of the molecule is COc1cc(CN=C(N)N2CCN(C(=O)OC(C)(C)C)CC2)ccc1C. The maximum Gasteiger partial charge on any atom is 0.410 e. The second kappa shape index (κ2) is 8.29. The predicted molar refractivity (Wildman–Crippen MR) is 102 cm³/mol. The van der Waals surface area contributed by atoms with E-state index in [1.54, 1.807) is 12.0 Å². The number of carbonyl (C=O) groups excluding carboxylic acids is 1. The number of piperazine rings is 1. The van der Waals surface area contributed by atoms with E-state index in [2.05, 4.69) is 4.99 Å². The average Bonchev–Trinajstić information content (AvgIpc) is 2.59. The first-order valence-electron chi connectivity index (χ1n) is 8.86. The minimum Gasteiger partial charge on any atom is -0.496 e. The summed E-state index contributed by atoms with van der Waals surface area (Å²) in [6, 6.07) is 6.01. The van der Waals surface area contributed by atoms with E-state index < -0.39 is 5.60 Å². The predicted octanol–water partition coefficient (Wildman–Crippen LogP) is 2.37. The van der Waals surface area contributed by atoms with Crippen LogP contribution in [0.25, 0.3) is 0 Å². The van der Waals surface area contributed by atoms with Gasteiger partial charge in [0, 0.05) is 26.2 Å². The highest BCUT2D eigenvalue weighted by Crippen LogP contribution is 2.19. The molecule has 1 aromatic carbocycles. The summed E-state index contributed by atoms with van der Waals surface area (Å²) in [6.45, 7) is 10.5. The van der Waals surface area contributed by atoms with Gasteiger partial charge in [0.2, 0.25) is 0 Å². The number of carbonyl (C=O) groups is 1. The molecule has 7 nitrogen and oxygen atoms in total. The molecule has 0 spiro atoms. The van der Waals surface area contributed by atoms with E-state index in [1.807, 2.05) is 50.8 Å². The van der Waals surface area contributed by atoms with Crippen molar-refractivity contribution in [1.29, 1.82) is 0 Å². The van der Waals surface area contributed by atoms with Crippen LogP contribution in [0.4, 0.5) is 4.79 Å². The number of aryl methyl sites for hydroxylation is 1. The monoisotopic (exact) mass is 362 g/mol. The van der Waals surface area contributed by atoms with Crippen LogP contribution in [0.2, 0.25) is 0 Å². The molecule has 0 radical (unpaired) electrons. The third kappa shape index (κ3) is 5.54. The first-order chi connectivity index (χ1) is 12.2. The number of nitrogens with zero attached hydrogens (tertiary/aromatic N) is 3. The molecular weight excluding hydrogens is 332 g/mol. The Morgan fingerprint density at radius 1 is 1.19 bits per heavy atom. The van der Waals surface area contributed by atoms with Crippen LogP contribution in [0.15, 0.2) is 23.2 Å². The number of hydrogen-bond donors (Lipinski definition) is 1. The summed E-state index contributed by atoms with van der Waals surface area (Å²) in [5, 5.41) is 0. The number of guanidine groups is 1. The van der Waals surface area contributed by atoms with Crippen molar-refractivity contribution in [3.63, 3.8) is 0 Å². The van der Waals surface area contributed by atoms with Crippen molar-refractivity contribution in [3.05, 3.63) is 29.3 Å². The van der Waals surface area contributed by atoms with Gasteiger partial charge < -0.3 is 25.0 Å². The van der Waals surface area contributed by atoms with Gasteiger partial charge in [0.15, 0.2) is 5.96 Å². The molecule has 0 bridgehead atoms. The molecule has 1 aliphatic rings. The van der Waals surface area contributed by atoms with Crippen LogP contribution >= 0.6 is 0 Å². The highest BCUT2D eigenvalue weighted by atomic mass is 16.6. The van der Waals surface area contributed by atoms with Crippen LogP contribution in [-0.2, 0) is 11.3 Å². The summed E-state index contributed by atoms with van der Waals surface area (Å²) >= 11 is 0. The molecule has 1 fully saturated rings. The van der Waals surface area contributed by atoms with Crippen LogP contribution in [0.3, 0.4) is 0 Å². The number of methoxy groups -OCH3 is 1. The van der Waals surface area contributed by atoms with Crippen LogP contribution in [0.5, 0.6) is 5.75 Å². The molecule has 0 atom stereocenters. The van der Waals surface area contributed by atoms with Crippen LogP contribution in [0.1, 0.15) is 31.9 Å². The van der Waals surface area contributed by atoms with E-state index in [9.17, 15) is 4.79 Å². The number of benzene rings is 1. The summed E-state index contributed by atoms with van der Waals surface area (Å²) in [5.74, 6) is 1.34. The topological polar surface area (TPSA) is 80.4 Å². The number of hydrogen-bond acceptors (Lipinski definition) is 4. The zero-order valence-corrected chi connectivity index (χ0v) is 16.4. The third-order valence-corrected chi connectivity index (χ3v) is 4.15.